The molecule has 1 aromatic heterocycles. The van der Waals surface area contributed by atoms with Gasteiger partial charge >= 0.3 is 0 Å². The van der Waals surface area contributed by atoms with Crippen molar-refractivity contribution in [3.8, 4) is 0 Å². The molecule has 2 aliphatic rings. The molecule has 7 nitrogen and oxygen atoms in total. The predicted molar refractivity (Wildman–Crippen MR) is 118 cm³/mol. The molecule has 1 atom stereocenters. The van der Waals surface area contributed by atoms with Crippen LogP contribution >= 0.6 is 0 Å². The average molecular weight is 446 g/mol. The Kier molecular flexibility index (Phi) is 5.83. The number of sulfonamides is 1. The molecule has 0 unspecified atom stereocenters. The Morgan fingerprint density at radius 3 is 2.58 bits per heavy atom. The van der Waals surface area contributed by atoms with E-state index in [-0.39, 0.29) is 16.1 Å². The SMILES string of the molecule is COCCn1nc([C@H]2CCCN2S(=O)(=O)c2ccc(C)cc2)c2c1CC(C)(C)CC2=O. The first-order valence-corrected chi connectivity index (χ1v) is 12.3. The van der Waals surface area contributed by atoms with Gasteiger partial charge < -0.3 is 4.74 Å². The van der Waals surface area contributed by atoms with Crippen LogP contribution in [0, 0.1) is 12.3 Å². The van der Waals surface area contributed by atoms with Crippen LogP contribution in [0.1, 0.15) is 66.5 Å². The zero-order chi connectivity index (χ0) is 22.4. The lowest BCUT2D eigenvalue weighted by molar-refractivity contribution is 0.0906. The van der Waals surface area contributed by atoms with Crippen LogP contribution in [-0.4, -0.2) is 48.5 Å². The van der Waals surface area contributed by atoms with Crippen molar-refractivity contribution in [2.45, 2.75) is 63.9 Å². The van der Waals surface area contributed by atoms with E-state index < -0.39 is 16.1 Å². The molecule has 1 aliphatic heterocycles. The molecule has 0 bridgehead atoms. The number of nitrogens with zero attached hydrogens (tertiary/aromatic N) is 3. The number of carbonyl (C=O) groups excluding carboxylic acids is 1. The molecule has 0 N–H and O–H groups in total. The number of benzene rings is 1. The summed E-state index contributed by atoms with van der Waals surface area (Å²) in [5.41, 5.74) is 3.02. The number of fused-ring (bicyclic) bond motifs is 1. The highest BCUT2D eigenvalue weighted by Crippen LogP contribution is 2.42. The summed E-state index contributed by atoms with van der Waals surface area (Å²) in [7, 11) is -2.04. The topological polar surface area (TPSA) is 81.5 Å². The van der Waals surface area contributed by atoms with Gasteiger partial charge in [0.2, 0.25) is 10.0 Å². The molecule has 0 spiro atoms. The highest BCUT2D eigenvalue weighted by Gasteiger charge is 2.43. The van der Waals surface area contributed by atoms with Gasteiger partial charge in [-0.1, -0.05) is 31.5 Å². The average Bonchev–Trinajstić information content (AvgIpc) is 3.31. The Balaban J connectivity index is 1.77. The molecule has 0 amide bonds. The van der Waals surface area contributed by atoms with E-state index in [0.29, 0.717) is 43.8 Å². The highest BCUT2D eigenvalue weighted by atomic mass is 32.2. The van der Waals surface area contributed by atoms with Gasteiger partial charge in [0.15, 0.2) is 5.78 Å². The Bertz CT molecular complexity index is 1090. The van der Waals surface area contributed by atoms with E-state index in [1.54, 1.807) is 19.2 Å². The lowest BCUT2D eigenvalue weighted by atomic mass is 9.75. The third kappa shape index (κ3) is 4.08. The Morgan fingerprint density at radius 1 is 1.19 bits per heavy atom. The van der Waals surface area contributed by atoms with Crippen LogP contribution < -0.4 is 0 Å². The van der Waals surface area contributed by atoms with Gasteiger partial charge in [-0.15, -0.1) is 0 Å². The quantitative estimate of drug-likeness (QED) is 0.680. The summed E-state index contributed by atoms with van der Waals surface area (Å²) in [6.45, 7) is 7.56. The first-order valence-electron chi connectivity index (χ1n) is 10.8. The minimum Gasteiger partial charge on any atom is -0.383 e. The minimum atomic E-state index is -3.68. The highest BCUT2D eigenvalue weighted by molar-refractivity contribution is 7.89. The number of aryl methyl sites for hydroxylation is 1. The fourth-order valence-corrected chi connectivity index (χ4v) is 6.44. The first-order chi connectivity index (χ1) is 14.6. The van der Waals surface area contributed by atoms with Crippen LogP contribution in [0.25, 0.3) is 0 Å². The summed E-state index contributed by atoms with van der Waals surface area (Å²) < 4.78 is 35.5. The Labute approximate surface area is 184 Å². The normalized spacial score (nSPS) is 21.4. The number of aromatic nitrogens is 2. The largest absolute Gasteiger partial charge is 0.383 e. The van der Waals surface area contributed by atoms with Gasteiger partial charge in [-0.25, -0.2) is 8.42 Å². The molecule has 0 saturated carbocycles. The van der Waals surface area contributed by atoms with Gasteiger partial charge in [0.1, 0.15) is 0 Å². The van der Waals surface area contributed by atoms with Gasteiger partial charge in [-0.2, -0.15) is 9.40 Å². The number of Topliss-reactive ketones (excluding diaryl/α,β-unsaturated/α-hetero) is 1. The van der Waals surface area contributed by atoms with Crippen molar-refractivity contribution in [1.29, 1.82) is 0 Å². The lowest BCUT2D eigenvalue weighted by Crippen LogP contribution is -2.33. The van der Waals surface area contributed by atoms with E-state index in [1.807, 2.05) is 23.7 Å². The van der Waals surface area contributed by atoms with Gasteiger partial charge in [0.25, 0.3) is 0 Å². The van der Waals surface area contributed by atoms with Crippen molar-refractivity contribution in [3.05, 3.63) is 46.8 Å². The van der Waals surface area contributed by atoms with E-state index in [4.69, 9.17) is 9.84 Å². The van der Waals surface area contributed by atoms with Crippen molar-refractivity contribution < 1.29 is 17.9 Å². The van der Waals surface area contributed by atoms with Crippen molar-refractivity contribution in [3.63, 3.8) is 0 Å². The second kappa shape index (κ2) is 8.15. The molecular formula is C23H31N3O4S. The predicted octanol–water partition coefficient (Wildman–Crippen LogP) is 3.52. The fraction of sp³-hybridized carbons (Fsp3) is 0.565. The monoisotopic (exact) mass is 445 g/mol. The van der Waals surface area contributed by atoms with Gasteiger partial charge in [0.05, 0.1) is 41.0 Å². The second-order valence-corrected chi connectivity index (χ2v) is 11.3. The van der Waals surface area contributed by atoms with E-state index in [9.17, 15) is 13.2 Å². The molecule has 2 aromatic rings. The molecule has 1 saturated heterocycles. The smallest absolute Gasteiger partial charge is 0.243 e. The van der Waals surface area contributed by atoms with Crippen LogP contribution in [0.3, 0.4) is 0 Å². The lowest BCUT2D eigenvalue weighted by Gasteiger charge is -2.30. The number of hydrogen-bond donors (Lipinski definition) is 0. The molecule has 1 aliphatic carbocycles. The Morgan fingerprint density at radius 2 is 1.90 bits per heavy atom. The third-order valence-corrected chi connectivity index (χ3v) is 8.23. The van der Waals surface area contributed by atoms with Gasteiger partial charge in [-0.05, 0) is 43.7 Å². The number of rotatable bonds is 6. The minimum absolute atomic E-state index is 0.0597. The summed E-state index contributed by atoms with van der Waals surface area (Å²) in [5.74, 6) is 0.0597. The van der Waals surface area contributed by atoms with E-state index in [2.05, 4.69) is 13.8 Å². The number of ether oxygens (including phenoxy) is 1. The molecule has 31 heavy (non-hydrogen) atoms. The van der Waals surface area contributed by atoms with Crippen molar-refractivity contribution in [1.82, 2.24) is 14.1 Å². The van der Waals surface area contributed by atoms with Crippen LogP contribution in [0.2, 0.25) is 0 Å². The molecule has 1 fully saturated rings. The van der Waals surface area contributed by atoms with Crippen molar-refractivity contribution >= 4 is 15.8 Å². The molecule has 8 heteroatoms. The maximum absolute atomic E-state index is 13.4. The number of ketones is 1. The fourth-order valence-electron chi connectivity index (χ4n) is 4.78. The standard InChI is InChI=1S/C23H31N3O4S/c1-16-7-9-17(10-8-16)31(28,29)26-11-5-6-18(26)22-21-19(25(24-22)12-13-30-4)14-23(2,3)15-20(21)27/h7-10,18H,5-6,11-15H2,1-4H3/t18-/m1/s1. The molecule has 4 rings (SSSR count). The molecule has 2 heterocycles. The van der Waals surface area contributed by atoms with Crippen LogP contribution in [-0.2, 0) is 27.7 Å². The van der Waals surface area contributed by atoms with E-state index in [1.165, 1.54) is 4.31 Å². The zero-order valence-electron chi connectivity index (χ0n) is 18.7. The number of carbonyl (C=O) groups is 1. The maximum atomic E-state index is 13.4. The third-order valence-electron chi connectivity index (χ3n) is 6.30. The molecule has 1 aromatic carbocycles. The molecular weight excluding hydrogens is 414 g/mol. The number of methoxy groups -OCH3 is 1. The summed E-state index contributed by atoms with van der Waals surface area (Å²) in [6.07, 6.45) is 2.59. The van der Waals surface area contributed by atoms with Crippen LogP contribution in [0.4, 0.5) is 0 Å². The molecule has 168 valence electrons. The summed E-state index contributed by atoms with van der Waals surface area (Å²) in [5, 5.41) is 4.81. The number of hydrogen-bond acceptors (Lipinski definition) is 5. The summed E-state index contributed by atoms with van der Waals surface area (Å²) in [6, 6.07) is 6.50. The second-order valence-electron chi connectivity index (χ2n) is 9.45. The first kappa shape index (κ1) is 22.2. The van der Waals surface area contributed by atoms with Gasteiger partial charge in [0, 0.05) is 20.1 Å². The molecule has 0 radical (unpaired) electrons. The zero-order valence-corrected chi connectivity index (χ0v) is 19.5. The van der Waals surface area contributed by atoms with E-state index >= 15 is 0 Å². The van der Waals surface area contributed by atoms with Crippen molar-refractivity contribution in [2.75, 3.05) is 20.3 Å². The van der Waals surface area contributed by atoms with Crippen LogP contribution in [0.5, 0.6) is 0 Å². The van der Waals surface area contributed by atoms with E-state index in [0.717, 1.165) is 24.1 Å². The van der Waals surface area contributed by atoms with Crippen LogP contribution in [0.15, 0.2) is 29.2 Å². The summed E-state index contributed by atoms with van der Waals surface area (Å²) >= 11 is 0. The van der Waals surface area contributed by atoms with Crippen molar-refractivity contribution in [2.24, 2.45) is 5.41 Å². The van der Waals surface area contributed by atoms with Gasteiger partial charge in [-0.3, -0.25) is 9.48 Å². The summed E-state index contributed by atoms with van der Waals surface area (Å²) in [4.78, 5) is 13.5. The maximum Gasteiger partial charge on any atom is 0.243 e. The Hall–Kier alpha value is -2.03.